The lowest BCUT2D eigenvalue weighted by atomic mass is 9.87. The van der Waals surface area contributed by atoms with Gasteiger partial charge in [0.25, 0.3) is 0 Å². The van der Waals surface area contributed by atoms with Crippen LogP contribution >= 0.6 is 0 Å². The molecule has 0 aromatic heterocycles. The number of rotatable bonds is 38. The van der Waals surface area contributed by atoms with E-state index in [1.54, 1.807) is 0 Å². The fourth-order valence-electron chi connectivity index (χ4n) is 7.16. The molecule has 8 nitrogen and oxygen atoms in total. The number of ether oxygens (including phenoxy) is 2. The van der Waals surface area contributed by atoms with Gasteiger partial charge < -0.3 is 25.0 Å². The summed E-state index contributed by atoms with van der Waals surface area (Å²) in [6.07, 6.45) is 27.0. The van der Waals surface area contributed by atoms with E-state index in [1.807, 2.05) is 41.7 Å². The lowest BCUT2D eigenvalue weighted by molar-refractivity contribution is -0.155. The van der Waals surface area contributed by atoms with Gasteiger partial charge in [-0.15, -0.1) is 0 Å². The molecule has 0 aliphatic rings. The maximum absolute atomic E-state index is 12.9. The summed E-state index contributed by atoms with van der Waals surface area (Å²) in [4.78, 5) is 39.8. The summed E-state index contributed by atoms with van der Waals surface area (Å²) in [6.45, 7) is 26.9. The van der Waals surface area contributed by atoms with E-state index in [1.165, 1.54) is 64.2 Å². The fourth-order valence-corrected chi connectivity index (χ4v) is 7.16. The van der Waals surface area contributed by atoms with Crippen molar-refractivity contribution in [2.45, 2.75) is 223 Å². The number of nitrogens with one attached hydrogen (secondary N) is 2. The molecule has 0 rings (SSSR count). The van der Waals surface area contributed by atoms with E-state index in [0.29, 0.717) is 32.1 Å². The molecule has 0 heterocycles. The van der Waals surface area contributed by atoms with Crippen molar-refractivity contribution in [3.8, 4) is 0 Å². The van der Waals surface area contributed by atoms with Crippen LogP contribution < -0.4 is 10.6 Å². The smallest absolute Gasteiger partial charge is 0.311 e. The molecule has 0 radical (unpaired) electrons. The van der Waals surface area contributed by atoms with Gasteiger partial charge in [0.05, 0.1) is 24.0 Å². The van der Waals surface area contributed by atoms with E-state index >= 15 is 0 Å². The van der Waals surface area contributed by atoms with Crippen LogP contribution in [0.15, 0.2) is 0 Å². The number of nitrogens with zero attached hydrogens (tertiary/aromatic N) is 1. The van der Waals surface area contributed by atoms with Crippen molar-refractivity contribution >= 4 is 17.8 Å². The van der Waals surface area contributed by atoms with Crippen LogP contribution in [0.5, 0.6) is 0 Å². The molecule has 1 amide bonds. The topological polar surface area (TPSA) is 97.0 Å². The predicted octanol–water partition coefficient (Wildman–Crippen LogP) is 12.5. The Hall–Kier alpha value is -1.67. The second-order valence-electron chi connectivity index (χ2n) is 18.6. The summed E-state index contributed by atoms with van der Waals surface area (Å²) in [5.41, 5.74) is -0.865. The molecule has 0 fully saturated rings. The van der Waals surface area contributed by atoms with Crippen molar-refractivity contribution in [3.63, 3.8) is 0 Å². The molecular formula is C49H99N3O5. The average molecular weight is 810 g/mol. The normalized spacial score (nSPS) is 11.9. The third-order valence-corrected chi connectivity index (χ3v) is 11.3. The average Bonchev–Trinajstić information content (AvgIpc) is 3.17. The Morgan fingerprint density at radius 1 is 0.544 bits per heavy atom. The van der Waals surface area contributed by atoms with E-state index < -0.39 is 10.8 Å². The highest BCUT2D eigenvalue weighted by Crippen LogP contribution is 2.28. The lowest BCUT2D eigenvalue weighted by Gasteiger charge is -2.24. The Morgan fingerprint density at radius 3 is 1.40 bits per heavy atom. The minimum absolute atomic E-state index is 0.0399. The van der Waals surface area contributed by atoms with Crippen LogP contribution in [0.3, 0.4) is 0 Å². The summed E-state index contributed by atoms with van der Waals surface area (Å²) in [5, 5.41) is 6.06. The van der Waals surface area contributed by atoms with Crippen LogP contribution in [-0.4, -0.2) is 75.7 Å². The fraction of sp³-hybridized carbons (Fsp3) is 0.939. The Labute approximate surface area is 355 Å². The zero-order valence-corrected chi connectivity index (χ0v) is 40.1. The van der Waals surface area contributed by atoms with Gasteiger partial charge in [0, 0.05) is 19.5 Å². The number of carbonyl (C=O) groups is 3. The Kier molecular flexibility index (Phi) is 38.8. The highest BCUT2D eigenvalue weighted by molar-refractivity contribution is 5.76. The van der Waals surface area contributed by atoms with Gasteiger partial charge in [0.15, 0.2) is 0 Å². The molecule has 2 N–H and O–H groups in total. The third kappa shape index (κ3) is 36.0. The molecular weight excluding hydrogens is 711 g/mol. The van der Waals surface area contributed by atoms with Crippen molar-refractivity contribution in [2.24, 2.45) is 22.7 Å². The van der Waals surface area contributed by atoms with Crippen LogP contribution in [0, 0.1) is 22.7 Å². The minimum Gasteiger partial charge on any atom is -0.465 e. The maximum atomic E-state index is 12.9. The van der Waals surface area contributed by atoms with Crippen LogP contribution in [0.25, 0.3) is 0 Å². The number of unbranched alkanes of at least 4 members (excludes halogenated alkanes) is 10. The molecule has 0 aromatic carbocycles. The van der Waals surface area contributed by atoms with E-state index in [0.717, 1.165) is 116 Å². The zero-order valence-electron chi connectivity index (χ0n) is 40.1. The molecule has 0 aliphatic carbocycles. The van der Waals surface area contributed by atoms with Gasteiger partial charge in [-0.25, -0.2) is 0 Å². The van der Waals surface area contributed by atoms with Gasteiger partial charge in [-0.05, 0) is 124 Å². The molecule has 0 saturated carbocycles. The van der Waals surface area contributed by atoms with Crippen molar-refractivity contribution in [1.29, 1.82) is 0 Å². The second kappa shape index (κ2) is 38.5. The van der Waals surface area contributed by atoms with Crippen molar-refractivity contribution in [3.05, 3.63) is 0 Å². The monoisotopic (exact) mass is 810 g/mol. The van der Waals surface area contributed by atoms with Gasteiger partial charge >= 0.3 is 11.9 Å². The molecule has 0 bridgehead atoms. The van der Waals surface area contributed by atoms with E-state index in [2.05, 4.69) is 50.2 Å². The van der Waals surface area contributed by atoms with Crippen LogP contribution in [0.4, 0.5) is 0 Å². The van der Waals surface area contributed by atoms with Gasteiger partial charge in [0.1, 0.15) is 0 Å². The zero-order chi connectivity index (χ0) is 43.2. The predicted molar refractivity (Wildman–Crippen MR) is 245 cm³/mol. The van der Waals surface area contributed by atoms with Crippen molar-refractivity contribution < 1.29 is 23.9 Å². The number of hydrogen-bond acceptors (Lipinski definition) is 7. The first kappa shape index (κ1) is 57.4. The largest absolute Gasteiger partial charge is 0.465 e. The first-order valence-electron chi connectivity index (χ1n) is 24.2. The molecule has 0 unspecified atom stereocenters. The van der Waals surface area contributed by atoms with Gasteiger partial charge in [0.2, 0.25) is 5.91 Å². The summed E-state index contributed by atoms with van der Waals surface area (Å²) in [6, 6.07) is 0. The van der Waals surface area contributed by atoms with Crippen LogP contribution in [0.1, 0.15) is 223 Å². The van der Waals surface area contributed by atoms with E-state index in [-0.39, 0.29) is 17.8 Å². The van der Waals surface area contributed by atoms with Gasteiger partial charge in [-0.3, -0.25) is 14.4 Å². The summed E-state index contributed by atoms with van der Waals surface area (Å²) in [7, 11) is 1.96. The third-order valence-electron chi connectivity index (χ3n) is 11.3. The standard InChI is InChI=1S/C45H88N2O5.C4H11N/c1-10-13-19-28-40(29-20-14-11-2)30-26-38-52-43(50)45(8,9)32-22-16-18-24-35-47(36-33-46-41(48)12-3)34-23-17-15-21-31-44(6,7)42(49)51-37-25-27-39(4)5;1-3-4-5-2/h39-40H,10-38H2,1-9H3,(H,46,48);5H,3-4H2,1-2H3. The van der Waals surface area contributed by atoms with Crippen molar-refractivity contribution in [2.75, 3.05) is 53.0 Å². The molecule has 0 aromatic rings. The molecule has 0 saturated heterocycles. The Balaban J connectivity index is 0. The lowest BCUT2D eigenvalue weighted by Crippen LogP contribution is -2.35. The number of hydrogen-bond donors (Lipinski definition) is 2. The SMILES string of the molecule is CCCCCC(CCCCC)CCCOC(=O)C(C)(C)CCCCCCN(CCCCCCC(C)(C)C(=O)OCCCC(C)C)CCNC(=O)CC.CCCNC. The van der Waals surface area contributed by atoms with E-state index in [9.17, 15) is 14.4 Å². The Bertz CT molecular complexity index is 926. The van der Waals surface area contributed by atoms with Crippen LogP contribution in [0.2, 0.25) is 0 Å². The first-order chi connectivity index (χ1) is 27.2. The van der Waals surface area contributed by atoms with Crippen LogP contribution in [-0.2, 0) is 23.9 Å². The number of carbonyl (C=O) groups excluding carboxylic acids is 3. The maximum Gasteiger partial charge on any atom is 0.311 e. The van der Waals surface area contributed by atoms with Crippen molar-refractivity contribution in [1.82, 2.24) is 15.5 Å². The van der Waals surface area contributed by atoms with E-state index in [4.69, 9.17) is 9.47 Å². The highest BCUT2D eigenvalue weighted by atomic mass is 16.5. The quantitative estimate of drug-likeness (QED) is 0.0473. The minimum atomic E-state index is -0.436. The first-order valence-corrected chi connectivity index (χ1v) is 24.2. The molecule has 0 spiro atoms. The summed E-state index contributed by atoms with van der Waals surface area (Å²) in [5.74, 6) is 1.42. The number of amides is 1. The molecule has 8 heteroatoms. The molecule has 0 atom stereocenters. The Morgan fingerprint density at radius 2 is 1.00 bits per heavy atom. The van der Waals surface area contributed by atoms with Gasteiger partial charge in [-0.1, -0.05) is 131 Å². The molecule has 0 aliphatic heterocycles. The second-order valence-corrected chi connectivity index (χ2v) is 18.6. The number of esters is 2. The highest BCUT2D eigenvalue weighted by Gasteiger charge is 2.29. The molecule has 340 valence electrons. The summed E-state index contributed by atoms with van der Waals surface area (Å²) >= 11 is 0. The molecule has 57 heavy (non-hydrogen) atoms. The summed E-state index contributed by atoms with van der Waals surface area (Å²) < 4.78 is 11.4. The van der Waals surface area contributed by atoms with Gasteiger partial charge in [-0.2, -0.15) is 0 Å².